The highest BCUT2D eigenvalue weighted by Crippen LogP contribution is 2.56. The van der Waals surface area contributed by atoms with Gasteiger partial charge >= 0.3 is 47.9 Å². The summed E-state index contributed by atoms with van der Waals surface area (Å²) in [5, 5.41) is 0. The summed E-state index contributed by atoms with van der Waals surface area (Å²) < 4.78 is 247. The highest BCUT2D eigenvalue weighted by molar-refractivity contribution is 5.14. The fourth-order valence-electron chi connectivity index (χ4n) is 2.05. The molecule has 0 aliphatic carbocycles. The van der Waals surface area contributed by atoms with Gasteiger partial charge in [0.1, 0.15) is 13.2 Å². The van der Waals surface area contributed by atoms with Gasteiger partial charge in [-0.25, -0.2) is 0 Å². The average molecular weight is 638 g/mol. The fraction of sp³-hybridized carbons (Fsp3) is 0.778. The topological polar surface area (TPSA) is 36.9 Å². The Morgan fingerprint density at radius 3 is 0.825 bits per heavy atom. The molecule has 0 heterocycles. The van der Waals surface area contributed by atoms with Crippen LogP contribution in [0.3, 0.4) is 0 Å². The standard InChI is InChI=1S/C18H16F18O4/c1-9(11(19,20)13(23,24)15(27,28)17(31,32)33)39-7-5-37-3-4-38-6-8-40-10(2)12(21,22)14(25,26)16(29,30)18(34,35)36/h1-8H2. The predicted octanol–water partition coefficient (Wildman–Crippen LogP) is 7.02. The number of rotatable bonds is 17. The van der Waals surface area contributed by atoms with Crippen molar-refractivity contribution in [1.29, 1.82) is 0 Å². The maximum atomic E-state index is 13.5. The zero-order valence-electron chi connectivity index (χ0n) is 19.1. The van der Waals surface area contributed by atoms with E-state index in [1.165, 1.54) is 0 Å². The molecule has 0 fully saturated rings. The molecule has 22 heteroatoms. The molecule has 0 N–H and O–H groups in total. The van der Waals surface area contributed by atoms with Gasteiger partial charge in [-0.2, -0.15) is 79.0 Å². The molecule has 0 rings (SSSR count). The third-order valence-electron chi connectivity index (χ3n) is 4.37. The minimum absolute atomic E-state index is 0.582. The van der Waals surface area contributed by atoms with E-state index in [9.17, 15) is 79.0 Å². The summed E-state index contributed by atoms with van der Waals surface area (Å²) in [6.07, 6.45) is -14.1. The van der Waals surface area contributed by atoms with E-state index in [4.69, 9.17) is 0 Å². The average Bonchev–Trinajstić information content (AvgIpc) is 2.77. The Morgan fingerprint density at radius 1 is 0.375 bits per heavy atom. The van der Waals surface area contributed by atoms with Crippen molar-refractivity contribution < 1.29 is 98.0 Å². The second-order valence-corrected chi connectivity index (χ2v) is 7.21. The molecule has 0 aliphatic heterocycles. The Morgan fingerprint density at radius 2 is 0.600 bits per heavy atom. The van der Waals surface area contributed by atoms with Crippen LogP contribution in [0.1, 0.15) is 0 Å². The van der Waals surface area contributed by atoms with Crippen LogP contribution in [0.5, 0.6) is 0 Å². The Hall–Kier alpha value is -2.26. The number of allylic oxidation sites excluding steroid dienone is 2. The van der Waals surface area contributed by atoms with E-state index >= 15 is 0 Å². The lowest BCUT2D eigenvalue weighted by atomic mass is 10.0. The molecule has 0 spiro atoms. The first-order valence-electron chi connectivity index (χ1n) is 9.75. The zero-order valence-corrected chi connectivity index (χ0v) is 19.1. The van der Waals surface area contributed by atoms with Gasteiger partial charge in [-0.15, -0.1) is 0 Å². The van der Waals surface area contributed by atoms with Gasteiger partial charge in [0.2, 0.25) is 0 Å². The third kappa shape index (κ3) is 7.32. The van der Waals surface area contributed by atoms with Crippen molar-refractivity contribution in [2.75, 3.05) is 39.6 Å². The first-order valence-corrected chi connectivity index (χ1v) is 9.75. The maximum absolute atomic E-state index is 13.5. The van der Waals surface area contributed by atoms with Crippen molar-refractivity contribution >= 4 is 0 Å². The molecule has 0 amide bonds. The Kier molecular flexibility index (Phi) is 11.6. The van der Waals surface area contributed by atoms with E-state index in [1.807, 2.05) is 0 Å². The maximum Gasteiger partial charge on any atom is 0.460 e. The van der Waals surface area contributed by atoms with Crippen molar-refractivity contribution in [2.24, 2.45) is 0 Å². The lowest BCUT2D eigenvalue weighted by Crippen LogP contribution is -2.61. The molecule has 0 unspecified atom stereocenters. The van der Waals surface area contributed by atoms with Gasteiger partial charge in [0, 0.05) is 0 Å². The summed E-state index contributed by atoms with van der Waals surface area (Å²) in [5.74, 6) is -45.7. The number of hydrogen-bond acceptors (Lipinski definition) is 4. The van der Waals surface area contributed by atoms with Crippen molar-refractivity contribution in [3.05, 3.63) is 24.7 Å². The summed E-state index contributed by atoms with van der Waals surface area (Å²) in [7, 11) is 0. The molecule has 0 aromatic heterocycles. The quantitative estimate of drug-likeness (QED) is 0.0976. The van der Waals surface area contributed by atoms with E-state index < -0.39 is 99.0 Å². The van der Waals surface area contributed by atoms with Gasteiger partial charge in [-0.3, -0.25) is 0 Å². The summed E-state index contributed by atoms with van der Waals surface area (Å²) in [4.78, 5) is 0. The molecule has 0 atom stereocenters. The largest absolute Gasteiger partial charge is 0.490 e. The number of alkyl halides is 18. The Balaban J connectivity index is 4.51. The molecule has 0 radical (unpaired) electrons. The normalized spacial score (nSPS) is 14.8. The third-order valence-corrected chi connectivity index (χ3v) is 4.37. The van der Waals surface area contributed by atoms with Gasteiger partial charge in [-0.1, -0.05) is 13.2 Å². The van der Waals surface area contributed by atoms with Crippen LogP contribution in [0.15, 0.2) is 24.7 Å². The van der Waals surface area contributed by atoms with Crippen LogP contribution in [-0.4, -0.2) is 87.5 Å². The molecule has 0 aromatic carbocycles. The first-order chi connectivity index (χ1) is 17.5. The van der Waals surface area contributed by atoms with Gasteiger partial charge in [0.25, 0.3) is 0 Å². The summed E-state index contributed by atoms with van der Waals surface area (Å²) in [5.41, 5.74) is 0. The highest BCUT2D eigenvalue weighted by Gasteiger charge is 2.84. The minimum atomic E-state index is -7.18. The van der Waals surface area contributed by atoms with E-state index in [0.717, 1.165) is 0 Å². The van der Waals surface area contributed by atoms with Crippen LogP contribution in [-0.2, 0) is 18.9 Å². The summed E-state index contributed by atoms with van der Waals surface area (Å²) >= 11 is 0. The lowest BCUT2D eigenvalue weighted by molar-refractivity contribution is -0.393. The predicted molar refractivity (Wildman–Crippen MR) is 93.6 cm³/mol. The van der Waals surface area contributed by atoms with Crippen molar-refractivity contribution in [3.8, 4) is 0 Å². The Bertz CT molecular complexity index is 792. The van der Waals surface area contributed by atoms with Crippen LogP contribution in [0.4, 0.5) is 79.0 Å². The molecule has 4 nitrogen and oxygen atoms in total. The smallest absolute Gasteiger partial charge is 0.460 e. The van der Waals surface area contributed by atoms with Crippen LogP contribution < -0.4 is 0 Å². The van der Waals surface area contributed by atoms with Crippen molar-refractivity contribution in [3.63, 3.8) is 0 Å². The fourth-order valence-corrected chi connectivity index (χ4v) is 2.05. The molecular weight excluding hydrogens is 622 g/mol. The molecule has 40 heavy (non-hydrogen) atoms. The van der Waals surface area contributed by atoms with Gasteiger partial charge in [-0.05, 0) is 0 Å². The Labute approximate surface area is 211 Å². The van der Waals surface area contributed by atoms with Crippen LogP contribution in [0.25, 0.3) is 0 Å². The molecule has 0 saturated heterocycles. The summed E-state index contributed by atoms with van der Waals surface area (Å²) in [6.45, 7) is -0.787. The SMILES string of the molecule is C=C(OCCOCCOCCOC(=C)C(F)(F)C(F)(F)C(F)(F)C(F)(F)F)C(F)(F)C(F)(F)C(F)(F)C(F)(F)F. The van der Waals surface area contributed by atoms with Crippen molar-refractivity contribution in [1.82, 2.24) is 0 Å². The first kappa shape index (κ1) is 37.7. The zero-order chi connectivity index (χ0) is 32.2. The second-order valence-electron chi connectivity index (χ2n) is 7.21. The number of halogens is 18. The van der Waals surface area contributed by atoms with E-state index in [-0.39, 0.29) is 0 Å². The van der Waals surface area contributed by atoms with Crippen LogP contribution in [0.2, 0.25) is 0 Å². The lowest BCUT2D eigenvalue weighted by Gasteiger charge is -2.34. The monoisotopic (exact) mass is 638 g/mol. The van der Waals surface area contributed by atoms with Gasteiger partial charge in [0.15, 0.2) is 11.5 Å². The van der Waals surface area contributed by atoms with Crippen molar-refractivity contribution in [2.45, 2.75) is 47.9 Å². The molecule has 238 valence electrons. The van der Waals surface area contributed by atoms with E-state index in [0.29, 0.717) is 0 Å². The number of ether oxygens (including phenoxy) is 4. The molecule has 0 aliphatic rings. The molecule has 0 bridgehead atoms. The van der Waals surface area contributed by atoms with Gasteiger partial charge < -0.3 is 18.9 Å². The number of hydrogen-bond donors (Lipinski definition) is 0. The van der Waals surface area contributed by atoms with E-state index in [1.54, 1.807) is 0 Å². The second kappa shape index (κ2) is 12.3. The van der Waals surface area contributed by atoms with Crippen LogP contribution >= 0.6 is 0 Å². The molecular formula is C18H16F18O4. The highest BCUT2D eigenvalue weighted by atomic mass is 19.4. The van der Waals surface area contributed by atoms with Gasteiger partial charge in [0.05, 0.1) is 26.4 Å². The molecule has 0 saturated carbocycles. The minimum Gasteiger partial charge on any atom is -0.490 e. The summed E-state index contributed by atoms with van der Waals surface area (Å²) in [6, 6.07) is 0. The molecule has 0 aromatic rings. The van der Waals surface area contributed by atoms with E-state index in [2.05, 4.69) is 32.1 Å². The van der Waals surface area contributed by atoms with Crippen LogP contribution in [0, 0.1) is 0 Å².